The quantitative estimate of drug-likeness (QED) is 0.657. The fourth-order valence-electron chi connectivity index (χ4n) is 3.92. The first-order chi connectivity index (χ1) is 9.21. The number of ether oxygens (including phenoxy) is 2. The highest BCUT2D eigenvalue weighted by atomic mass is 16.5. The zero-order valence-corrected chi connectivity index (χ0v) is 13.0. The molecule has 0 aromatic heterocycles. The fourth-order valence-corrected chi connectivity index (χ4v) is 3.92. The van der Waals surface area contributed by atoms with Gasteiger partial charge in [-0.3, -0.25) is 9.59 Å². The van der Waals surface area contributed by atoms with Crippen molar-refractivity contribution in [2.75, 3.05) is 13.2 Å². The summed E-state index contributed by atoms with van der Waals surface area (Å²) >= 11 is 0. The lowest BCUT2D eigenvalue weighted by molar-refractivity contribution is -1.000. The van der Waals surface area contributed by atoms with Gasteiger partial charge in [0.15, 0.2) is 0 Å². The second kappa shape index (κ2) is 5.35. The van der Waals surface area contributed by atoms with Crippen LogP contribution in [-0.2, 0) is 19.1 Å². The van der Waals surface area contributed by atoms with Crippen molar-refractivity contribution in [3.63, 3.8) is 0 Å². The number of hydrogen-bond donors (Lipinski definition) is 1. The molecule has 1 N–H and O–H groups in total. The van der Waals surface area contributed by atoms with E-state index in [1.807, 2.05) is 0 Å². The highest BCUT2D eigenvalue weighted by Gasteiger charge is 2.50. The van der Waals surface area contributed by atoms with Crippen molar-refractivity contribution < 1.29 is 24.0 Å². The minimum atomic E-state index is -0.311. The van der Waals surface area contributed by atoms with Crippen molar-refractivity contribution in [2.45, 2.75) is 70.6 Å². The molecule has 0 radical (unpaired) electrons. The van der Waals surface area contributed by atoms with Crippen LogP contribution in [0.15, 0.2) is 0 Å². The SMILES string of the molecule is CC1(C)CC2CC(C)(C)[NH+]1CCOC(=O)CCC(=O)O2. The normalized spacial score (nSPS) is 33.6. The molecular formula is C15H26NO4+. The maximum atomic E-state index is 11.8. The van der Waals surface area contributed by atoms with Crippen LogP contribution in [-0.4, -0.2) is 42.3 Å². The Morgan fingerprint density at radius 1 is 1.00 bits per heavy atom. The number of quaternary nitrogens is 1. The van der Waals surface area contributed by atoms with Gasteiger partial charge in [-0.05, 0) is 27.7 Å². The second-order valence-corrected chi connectivity index (χ2v) is 7.24. The zero-order valence-electron chi connectivity index (χ0n) is 13.0. The number of nitrogens with one attached hydrogen (secondary N) is 1. The number of esters is 2. The molecular weight excluding hydrogens is 258 g/mol. The van der Waals surface area contributed by atoms with Crippen LogP contribution >= 0.6 is 0 Å². The molecule has 114 valence electrons. The van der Waals surface area contributed by atoms with Crippen LogP contribution in [0, 0.1) is 0 Å². The third kappa shape index (κ3) is 3.32. The molecule has 0 saturated carbocycles. The van der Waals surface area contributed by atoms with E-state index in [4.69, 9.17) is 9.47 Å². The van der Waals surface area contributed by atoms with Crippen LogP contribution in [0.1, 0.15) is 53.4 Å². The Labute approximate surface area is 120 Å². The van der Waals surface area contributed by atoms with E-state index in [9.17, 15) is 9.59 Å². The summed E-state index contributed by atoms with van der Waals surface area (Å²) in [5.74, 6) is -0.600. The topological polar surface area (TPSA) is 57.0 Å². The number of fused-ring (bicyclic) bond motifs is 9. The Morgan fingerprint density at radius 3 is 2.15 bits per heavy atom. The van der Waals surface area contributed by atoms with E-state index in [1.165, 1.54) is 4.90 Å². The zero-order chi connectivity index (χ0) is 15.0. The van der Waals surface area contributed by atoms with Gasteiger partial charge in [-0.1, -0.05) is 0 Å². The van der Waals surface area contributed by atoms with Gasteiger partial charge >= 0.3 is 11.9 Å². The summed E-state index contributed by atoms with van der Waals surface area (Å²) in [7, 11) is 0. The van der Waals surface area contributed by atoms with Crippen molar-refractivity contribution >= 4 is 11.9 Å². The molecule has 0 amide bonds. The average Bonchev–Trinajstić information content (AvgIpc) is 2.27. The molecule has 0 aromatic carbocycles. The van der Waals surface area contributed by atoms with E-state index >= 15 is 0 Å². The molecule has 0 atom stereocenters. The van der Waals surface area contributed by atoms with E-state index in [1.54, 1.807) is 0 Å². The largest absolute Gasteiger partial charge is 0.462 e. The lowest BCUT2D eigenvalue weighted by Crippen LogP contribution is -3.27. The van der Waals surface area contributed by atoms with Gasteiger partial charge in [-0.2, -0.15) is 0 Å². The van der Waals surface area contributed by atoms with Crippen LogP contribution in [0.2, 0.25) is 0 Å². The first-order valence-electron chi connectivity index (χ1n) is 7.43. The molecule has 3 aliphatic rings. The maximum absolute atomic E-state index is 11.8. The smallest absolute Gasteiger partial charge is 0.306 e. The summed E-state index contributed by atoms with van der Waals surface area (Å²) in [5, 5.41) is 0. The molecule has 0 unspecified atom stereocenters. The second-order valence-electron chi connectivity index (χ2n) is 7.24. The molecule has 2 bridgehead atoms. The molecule has 0 spiro atoms. The summed E-state index contributed by atoms with van der Waals surface area (Å²) in [4.78, 5) is 24.8. The van der Waals surface area contributed by atoms with Crippen molar-refractivity contribution in [2.24, 2.45) is 0 Å². The first-order valence-corrected chi connectivity index (χ1v) is 7.43. The molecule has 3 heterocycles. The van der Waals surface area contributed by atoms with E-state index in [0.717, 1.165) is 19.4 Å². The summed E-state index contributed by atoms with van der Waals surface area (Å²) in [6.45, 7) is 9.98. The minimum Gasteiger partial charge on any atom is -0.462 e. The van der Waals surface area contributed by atoms with Gasteiger partial charge in [0.1, 0.15) is 19.3 Å². The molecule has 5 heteroatoms. The number of piperidine rings is 1. The van der Waals surface area contributed by atoms with E-state index in [-0.39, 0.29) is 42.0 Å². The van der Waals surface area contributed by atoms with Crippen LogP contribution < -0.4 is 4.90 Å². The molecule has 0 aromatic rings. The van der Waals surface area contributed by atoms with Crippen molar-refractivity contribution in [1.29, 1.82) is 0 Å². The molecule has 3 fully saturated rings. The molecule has 3 saturated heterocycles. The van der Waals surface area contributed by atoms with Gasteiger partial charge in [0.2, 0.25) is 0 Å². The predicted molar refractivity (Wildman–Crippen MR) is 73.3 cm³/mol. The minimum absolute atomic E-state index is 0.00169. The van der Waals surface area contributed by atoms with Crippen molar-refractivity contribution in [3.05, 3.63) is 0 Å². The van der Waals surface area contributed by atoms with Crippen LogP contribution in [0.5, 0.6) is 0 Å². The number of hydrogen-bond acceptors (Lipinski definition) is 4. The molecule has 0 aliphatic carbocycles. The molecule has 3 rings (SSSR count). The Bertz CT molecular complexity index is 385. The number of carbonyl (C=O) groups excluding carboxylic acids is 2. The Balaban J connectivity index is 2.23. The first kappa shape index (κ1) is 15.3. The van der Waals surface area contributed by atoms with Gasteiger partial charge in [0.05, 0.1) is 23.9 Å². The summed E-state index contributed by atoms with van der Waals surface area (Å²) in [6, 6.07) is 0. The number of carbonyl (C=O) groups is 2. The highest BCUT2D eigenvalue weighted by molar-refractivity contribution is 5.77. The van der Waals surface area contributed by atoms with Crippen LogP contribution in [0.3, 0.4) is 0 Å². The predicted octanol–water partition coefficient (Wildman–Crippen LogP) is 0.471. The van der Waals surface area contributed by atoms with E-state index in [0.29, 0.717) is 6.61 Å². The van der Waals surface area contributed by atoms with Gasteiger partial charge in [-0.25, -0.2) is 0 Å². The monoisotopic (exact) mass is 284 g/mol. The van der Waals surface area contributed by atoms with Crippen molar-refractivity contribution in [1.82, 2.24) is 0 Å². The van der Waals surface area contributed by atoms with Crippen LogP contribution in [0.25, 0.3) is 0 Å². The van der Waals surface area contributed by atoms with Gasteiger partial charge in [0.25, 0.3) is 0 Å². The summed E-state index contributed by atoms with van der Waals surface area (Å²) < 4.78 is 10.8. The van der Waals surface area contributed by atoms with Gasteiger partial charge in [0, 0.05) is 12.8 Å². The molecule has 5 nitrogen and oxygen atoms in total. The lowest BCUT2D eigenvalue weighted by Gasteiger charge is -2.51. The van der Waals surface area contributed by atoms with Gasteiger partial charge < -0.3 is 14.4 Å². The molecule has 3 aliphatic heterocycles. The van der Waals surface area contributed by atoms with E-state index in [2.05, 4.69) is 27.7 Å². The Hall–Kier alpha value is -1.10. The third-order valence-corrected chi connectivity index (χ3v) is 4.56. The van der Waals surface area contributed by atoms with Crippen LogP contribution in [0.4, 0.5) is 0 Å². The Kier molecular flexibility index (Phi) is 4.09. The fraction of sp³-hybridized carbons (Fsp3) is 0.867. The third-order valence-electron chi connectivity index (χ3n) is 4.56. The van der Waals surface area contributed by atoms with Gasteiger partial charge in [-0.15, -0.1) is 0 Å². The average molecular weight is 284 g/mol. The standard InChI is InChI=1S/C15H25NO4/c1-14(2)9-11-10-15(3,4)16(14)7-8-19-12(17)5-6-13(18)20-11/h11H,5-10H2,1-4H3/p+1. The highest BCUT2D eigenvalue weighted by Crippen LogP contribution is 2.26. The summed E-state index contributed by atoms with van der Waals surface area (Å²) in [5.41, 5.74) is -0.00337. The maximum Gasteiger partial charge on any atom is 0.306 e. The molecule has 20 heavy (non-hydrogen) atoms. The Morgan fingerprint density at radius 2 is 1.55 bits per heavy atom. The number of rotatable bonds is 0. The van der Waals surface area contributed by atoms with Crippen molar-refractivity contribution in [3.8, 4) is 0 Å². The van der Waals surface area contributed by atoms with E-state index < -0.39 is 0 Å². The summed E-state index contributed by atoms with van der Waals surface area (Å²) in [6.07, 6.45) is 1.89. The lowest BCUT2D eigenvalue weighted by atomic mass is 9.78.